The average Bonchev–Trinajstić information content (AvgIpc) is 3.21. The molecule has 0 unspecified atom stereocenters. The van der Waals surface area contributed by atoms with Crippen LogP contribution in [0.25, 0.3) is 0 Å². The molecular formula is C15H21BrN4O4. The lowest BCUT2D eigenvalue weighted by Crippen LogP contribution is -2.52. The Labute approximate surface area is 148 Å². The normalized spacial score (nSPS) is 23.2. The van der Waals surface area contributed by atoms with E-state index in [1.807, 2.05) is 0 Å². The molecule has 2 atom stereocenters. The number of aromatic nitrogens is 2. The highest BCUT2D eigenvalue weighted by molar-refractivity contribution is 9.10. The van der Waals surface area contributed by atoms with Crippen LogP contribution in [0.5, 0.6) is 0 Å². The molecule has 0 bridgehead atoms. The smallest absolute Gasteiger partial charge is 0.405 e. The number of nitrogens with one attached hydrogen (secondary N) is 2. The second-order valence-corrected chi connectivity index (χ2v) is 7.04. The molecule has 24 heavy (non-hydrogen) atoms. The Morgan fingerprint density at radius 3 is 2.79 bits per heavy atom. The van der Waals surface area contributed by atoms with Crippen molar-refractivity contribution in [2.75, 3.05) is 19.8 Å². The van der Waals surface area contributed by atoms with E-state index in [0.29, 0.717) is 32.6 Å². The van der Waals surface area contributed by atoms with E-state index in [4.69, 9.17) is 9.84 Å². The largest absolute Gasteiger partial charge is 0.465 e. The van der Waals surface area contributed by atoms with Gasteiger partial charge in [0.15, 0.2) is 0 Å². The summed E-state index contributed by atoms with van der Waals surface area (Å²) in [7, 11) is 0. The van der Waals surface area contributed by atoms with Gasteiger partial charge in [-0.25, -0.2) is 9.78 Å². The van der Waals surface area contributed by atoms with Crippen LogP contribution in [-0.2, 0) is 9.53 Å². The number of carbonyl (C=O) groups excluding carboxylic acids is 1. The third-order valence-corrected chi connectivity index (χ3v) is 5.10. The Morgan fingerprint density at radius 1 is 1.42 bits per heavy atom. The van der Waals surface area contributed by atoms with Crippen LogP contribution in [0.15, 0.2) is 10.8 Å². The monoisotopic (exact) mass is 400 g/mol. The van der Waals surface area contributed by atoms with Crippen LogP contribution >= 0.6 is 15.9 Å². The summed E-state index contributed by atoms with van der Waals surface area (Å²) in [6, 6.07) is -0.868. The molecule has 3 heterocycles. The number of hydrogen-bond acceptors (Lipinski definition) is 4. The minimum atomic E-state index is -1.17. The van der Waals surface area contributed by atoms with Crippen molar-refractivity contribution in [2.24, 2.45) is 5.92 Å². The summed E-state index contributed by atoms with van der Waals surface area (Å²) >= 11 is 3.33. The minimum absolute atomic E-state index is 0.0352. The molecule has 3 N–H and O–H groups in total. The van der Waals surface area contributed by atoms with E-state index in [0.717, 1.165) is 23.3 Å². The van der Waals surface area contributed by atoms with Crippen LogP contribution in [0.4, 0.5) is 4.79 Å². The van der Waals surface area contributed by atoms with E-state index < -0.39 is 12.1 Å². The highest BCUT2D eigenvalue weighted by Crippen LogP contribution is 2.32. The van der Waals surface area contributed by atoms with Gasteiger partial charge in [0.05, 0.1) is 12.2 Å². The first kappa shape index (κ1) is 17.2. The Balaban J connectivity index is 1.78. The highest BCUT2D eigenvalue weighted by atomic mass is 79.9. The quantitative estimate of drug-likeness (QED) is 0.715. The number of nitrogens with zero attached hydrogens (tertiary/aromatic N) is 2. The van der Waals surface area contributed by atoms with Crippen molar-refractivity contribution in [3.05, 3.63) is 16.6 Å². The maximum atomic E-state index is 13.1. The molecule has 0 aromatic carbocycles. The fourth-order valence-electron chi connectivity index (χ4n) is 3.54. The molecule has 0 saturated carbocycles. The molecular weight excluding hydrogens is 380 g/mol. The fourth-order valence-corrected chi connectivity index (χ4v) is 3.84. The van der Waals surface area contributed by atoms with Crippen LogP contribution < -0.4 is 5.32 Å². The topological polar surface area (TPSA) is 108 Å². The molecule has 132 valence electrons. The van der Waals surface area contributed by atoms with Crippen LogP contribution in [0.3, 0.4) is 0 Å². The summed E-state index contributed by atoms with van der Waals surface area (Å²) in [6.07, 6.45) is 3.56. The maximum absolute atomic E-state index is 13.1. The third kappa shape index (κ3) is 3.72. The molecule has 9 heteroatoms. The lowest BCUT2D eigenvalue weighted by atomic mass is 9.90. The predicted octanol–water partition coefficient (Wildman–Crippen LogP) is 1.90. The standard InChI is InChI=1S/C15H21BrN4O4/c16-11-8-17-13(18-11)10-2-1-5-20(10)14(21)12(19-15(22)23)9-3-6-24-7-4-9/h8-10,12,19H,1-7H2,(H,17,18)(H,22,23)/t10-,12-/m0/s1. The van der Waals surface area contributed by atoms with Gasteiger partial charge in [0, 0.05) is 19.8 Å². The van der Waals surface area contributed by atoms with Gasteiger partial charge in [-0.3, -0.25) is 4.79 Å². The number of halogens is 1. The van der Waals surface area contributed by atoms with Gasteiger partial charge in [-0.05, 0) is 47.5 Å². The number of ether oxygens (including phenoxy) is 1. The predicted molar refractivity (Wildman–Crippen MR) is 88.5 cm³/mol. The summed E-state index contributed by atoms with van der Waals surface area (Å²) in [6.45, 7) is 1.73. The molecule has 8 nitrogen and oxygen atoms in total. The minimum Gasteiger partial charge on any atom is -0.465 e. The van der Waals surface area contributed by atoms with E-state index in [1.165, 1.54) is 0 Å². The number of hydrogen-bond donors (Lipinski definition) is 3. The first-order valence-corrected chi connectivity index (χ1v) is 8.93. The zero-order chi connectivity index (χ0) is 17.1. The second-order valence-electron chi connectivity index (χ2n) is 6.18. The van der Waals surface area contributed by atoms with Gasteiger partial charge in [-0.15, -0.1) is 0 Å². The summed E-state index contributed by atoms with van der Waals surface area (Å²) in [5.41, 5.74) is 0. The molecule has 3 rings (SSSR count). The van der Waals surface area contributed by atoms with Crippen molar-refractivity contribution in [3.8, 4) is 0 Å². The van der Waals surface area contributed by atoms with Crippen molar-refractivity contribution in [3.63, 3.8) is 0 Å². The van der Waals surface area contributed by atoms with Crippen LogP contribution in [-0.4, -0.2) is 57.8 Å². The number of carbonyl (C=O) groups is 2. The van der Waals surface area contributed by atoms with Crippen molar-refractivity contribution in [1.82, 2.24) is 20.2 Å². The first-order chi connectivity index (χ1) is 11.6. The average molecular weight is 401 g/mol. The molecule has 0 radical (unpaired) electrons. The van der Waals surface area contributed by atoms with Gasteiger partial charge in [0.2, 0.25) is 5.91 Å². The fraction of sp³-hybridized carbons (Fsp3) is 0.667. The molecule has 1 aromatic heterocycles. The number of imidazole rings is 1. The van der Waals surface area contributed by atoms with E-state index in [-0.39, 0.29) is 17.9 Å². The molecule has 2 fully saturated rings. The van der Waals surface area contributed by atoms with Gasteiger partial charge >= 0.3 is 6.09 Å². The SMILES string of the molecule is O=C(O)N[C@H](C(=O)N1CCC[C@H]1c1ncc(Br)[nH]1)C1CCOCC1. The third-order valence-electron chi connectivity index (χ3n) is 4.70. The second kappa shape index (κ2) is 7.52. The van der Waals surface area contributed by atoms with Crippen molar-refractivity contribution < 1.29 is 19.4 Å². The number of aromatic amines is 1. The molecule has 2 amide bonds. The first-order valence-electron chi connectivity index (χ1n) is 8.14. The molecule has 0 spiro atoms. The lowest BCUT2D eigenvalue weighted by Gasteiger charge is -2.33. The lowest BCUT2D eigenvalue weighted by molar-refractivity contribution is -0.136. The van der Waals surface area contributed by atoms with Crippen molar-refractivity contribution in [2.45, 2.75) is 37.8 Å². The van der Waals surface area contributed by atoms with Crippen molar-refractivity contribution >= 4 is 27.9 Å². The zero-order valence-electron chi connectivity index (χ0n) is 13.2. The van der Waals surface area contributed by atoms with Gasteiger partial charge in [-0.2, -0.15) is 0 Å². The van der Waals surface area contributed by atoms with Crippen LogP contribution in [0, 0.1) is 5.92 Å². The van der Waals surface area contributed by atoms with Crippen LogP contribution in [0.1, 0.15) is 37.5 Å². The molecule has 2 aliphatic rings. The van der Waals surface area contributed by atoms with E-state index in [2.05, 4.69) is 31.2 Å². The number of H-pyrrole nitrogens is 1. The number of rotatable bonds is 4. The van der Waals surface area contributed by atoms with Gasteiger partial charge in [-0.1, -0.05) is 0 Å². The summed E-state index contributed by atoms with van der Waals surface area (Å²) in [4.78, 5) is 33.4. The molecule has 2 aliphatic heterocycles. The molecule has 1 aromatic rings. The highest BCUT2D eigenvalue weighted by Gasteiger charge is 2.39. The van der Waals surface area contributed by atoms with Gasteiger partial charge in [0.1, 0.15) is 16.5 Å². The van der Waals surface area contributed by atoms with Gasteiger partial charge < -0.3 is 25.0 Å². The molecule has 0 aliphatic carbocycles. The Morgan fingerprint density at radius 2 is 2.17 bits per heavy atom. The van der Waals surface area contributed by atoms with Crippen molar-refractivity contribution in [1.29, 1.82) is 0 Å². The Bertz CT molecular complexity index is 602. The molecule has 2 saturated heterocycles. The number of likely N-dealkylation sites (tertiary alicyclic amines) is 1. The summed E-state index contributed by atoms with van der Waals surface area (Å²) in [5.74, 6) is 0.528. The van der Waals surface area contributed by atoms with E-state index >= 15 is 0 Å². The van der Waals surface area contributed by atoms with E-state index in [1.54, 1.807) is 11.1 Å². The Kier molecular flexibility index (Phi) is 5.40. The number of carboxylic acid groups (broad SMARTS) is 1. The zero-order valence-corrected chi connectivity index (χ0v) is 14.8. The summed E-state index contributed by atoms with van der Waals surface area (Å²) in [5, 5.41) is 11.6. The Hall–Kier alpha value is -1.61. The van der Waals surface area contributed by atoms with Gasteiger partial charge in [0.25, 0.3) is 0 Å². The van der Waals surface area contributed by atoms with E-state index in [9.17, 15) is 9.59 Å². The van der Waals surface area contributed by atoms with Crippen LogP contribution in [0.2, 0.25) is 0 Å². The number of amides is 2. The summed E-state index contributed by atoms with van der Waals surface area (Å²) < 4.78 is 6.10. The maximum Gasteiger partial charge on any atom is 0.405 e.